The second-order valence-corrected chi connectivity index (χ2v) is 8.14. The van der Waals surface area contributed by atoms with Crippen molar-refractivity contribution in [3.05, 3.63) is 95.6 Å². The van der Waals surface area contributed by atoms with Gasteiger partial charge in [0.1, 0.15) is 5.82 Å². The van der Waals surface area contributed by atoms with Crippen molar-refractivity contribution in [2.24, 2.45) is 0 Å². The molecule has 32 heavy (non-hydrogen) atoms. The second kappa shape index (κ2) is 8.88. The molecule has 3 aromatic carbocycles. The fourth-order valence-electron chi connectivity index (χ4n) is 4.24. The molecule has 7 heteroatoms. The number of nitrogens with zero attached hydrogens (tertiary/aromatic N) is 5. The molecular formula is C25H24FN5O. The minimum atomic E-state index is -0.220. The summed E-state index contributed by atoms with van der Waals surface area (Å²) in [5, 5.41) is 10.7. The van der Waals surface area contributed by atoms with Gasteiger partial charge < -0.3 is 4.90 Å². The van der Waals surface area contributed by atoms with Gasteiger partial charge >= 0.3 is 0 Å². The maximum absolute atomic E-state index is 13.4. The Morgan fingerprint density at radius 1 is 0.906 bits per heavy atom. The fraction of sp³-hybridized carbons (Fsp3) is 0.240. The SMILES string of the molecule is O=C(c1cn(Cc2cccc3ccccc23)nn1)N1CCN(Cc2cccc(F)c2)CC1. The van der Waals surface area contributed by atoms with Crippen LogP contribution in [-0.2, 0) is 13.1 Å². The average Bonchev–Trinajstić information content (AvgIpc) is 3.28. The Hall–Kier alpha value is -3.58. The highest BCUT2D eigenvalue weighted by Crippen LogP contribution is 2.19. The summed E-state index contributed by atoms with van der Waals surface area (Å²) in [7, 11) is 0. The first-order chi connectivity index (χ1) is 15.7. The number of carbonyl (C=O) groups excluding carboxylic acids is 1. The molecule has 0 unspecified atom stereocenters. The number of hydrogen-bond acceptors (Lipinski definition) is 4. The van der Waals surface area contributed by atoms with E-state index >= 15 is 0 Å². The predicted octanol–water partition coefficient (Wildman–Crippen LogP) is 3.58. The Balaban J connectivity index is 1.21. The van der Waals surface area contributed by atoms with Crippen LogP contribution in [0.25, 0.3) is 10.8 Å². The first kappa shape index (κ1) is 20.3. The van der Waals surface area contributed by atoms with E-state index in [4.69, 9.17) is 0 Å². The predicted molar refractivity (Wildman–Crippen MR) is 121 cm³/mol. The average molecular weight is 429 g/mol. The van der Waals surface area contributed by atoms with Crippen LogP contribution in [0.1, 0.15) is 21.6 Å². The molecule has 0 spiro atoms. The van der Waals surface area contributed by atoms with Crippen molar-refractivity contribution in [3.8, 4) is 0 Å². The molecule has 1 fully saturated rings. The van der Waals surface area contributed by atoms with E-state index in [2.05, 4.69) is 39.5 Å². The number of halogens is 1. The molecule has 1 aliphatic rings. The Bertz CT molecular complexity index is 1240. The van der Waals surface area contributed by atoms with Crippen molar-refractivity contribution in [2.45, 2.75) is 13.1 Å². The van der Waals surface area contributed by atoms with E-state index in [1.807, 2.05) is 29.2 Å². The van der Waals surface area contributed by atoms with Crippen LogP contribution in [0.4, 0.5) is 4.39 Å². The summed E-state index contributed by atoms with van der Waals surface area (Å²) < 4.78 is 15.1. The molecule has 6 nitrogen and oxygen atoms in total. The van der Waals surface area contributed by atoms with Crippen molar-refractivity contribution in [2.75, 3.05) is 26.2 Å². The lowest BCUT2D eigenvalue weighted by Gasteiger charge is -2.34. The summed E-state index contributed by atoms with van der Waals surface area (Å²) in [6.07, 6.45) is 1.73. The van der Waals surface area contributed by atoms with Gasteiger partial charge in [0, 0.05) is 32.7 Å². The molecule has 1 aromatic heterocycles. The Morgan fingerprint density at radius 2 is 1.69 bits per heavy atom. The Morgan fingerprint density at radius 3 is 2.53 bits per heavy atom. The smallest absolute Gasteiger partial charge is 0.276 e. The van der Waals surface area contributed by atoms with Crippen LogP contribution in [0.3, 0.4) is 0 Å². The van der Waals surface area contributed by atoms with E-state index < -0.39 is 0 Å². The van der Waals surface area contributed by atoms with Crippen LogP contribution < -0.4 is 0 Å². The zero-order valence-corrected chi connectivity index (χ0v) is 17.7. The number of amides is 1. The number of rotatable bonds is 5. The lowest BCUT2D eigenvalue weighted by atomic mass is 10.0. The Labute approximate surface area is 185 Å². The van der Waals surface area contributed by atoms with Gasteiger partial charge in [-0.1, -0.05) is 59.8 Å². The number of piperazine rings is 1. The first-order valence-corrected chi connectivity index (χ1v) is 10.8. The third-order valence-electron chi connectivity index (χ3n) is 5.92. The van der Waals surface area contributed by atoms with Crippen molar-refractivity contribution in [1.29, 1.82) is 0 Å². The molecule has 1 amide bonds. The van der Waals surface area contributed by atoms with Crippen LogP contribution >= 0.6 is 0 Å². The molecule has 0 atom stereocenters. The van der Waals surface area contributed by atoms with Gasteiger partial charge in [0.25, 0.3) is 5.91 Å². The highest BCUT2D eigenvalue weighted by molar-refractivity contribution is 5.92. The number of aromatic nitrogens is 3. The second-order valence-electron chi connectivity index (χ2n) is 8.14. The molecule has 2 heterocycles. The lowest BCUT2D eigenvalue weighted by molar-refractivity contribution is 0.0622. The molecule has 1 aliphatic heterocycles. The van der Waals surface area contributed by atoms with Crippen LogP contribution in [0.2, 0.25) is 0 Å². The summed E-state index contributed by atoms with van der Waals surface area (Å²) in [6.45, 7) is 3.96. The van der Waals surface area contributed by atoms with Gasteiger partial charge in [0.15, 0.2) is 5.69 Å². The van der Waals surface area contributed by atoms with Gasteiger partial charge in [0.2, 0.25) is 0 Å². The summed E-state index contributed by atoms with van der Waals surface area (Å²) >= 11 is 0. The molecule has 0 aliphatic carbocycles. The Kier molecular flexibility index (Phi) is 5.64. The van der Waals surface area contributed by atoms with Crippen molar-refractivity contribution < 1.29 is 9.18 Å². The first-order valence-electron chi connectivity index (χ1n) is 10.8. The lowest BCUT2D eigenvalue weighted by Crippen LogP contribution is -2.48. The maximum atomic E-state index is 13.4. The molecule has 0 radical (unpaired) electrons. The van der Waals surface area contributed by atoms with Gasteiger partial charge in [-0.05, 0) is 34.0 Å². The van der Waals surface area contributed by atoms with E-state index in [-0.39, 0.29) is 11.7 Å². The van der Waals surface area contributed by atoms with Crippen LogP contribution in [0, 0.1) is 5.82 Å². The molecule has 0 N–H and O–H groups in total. The molecule has 1 saturated heterocycles. The van der Waals surface area contributed by atoms with E-state index in [1.54, 1.807) is 23.0 Å². The van der Waals surface area contributed by atoms with E-state index in [0.717, 1.165) is 24.2 Å². The number of fused-ring (bicyclic) bond motifs is 1. The van der Waals surface area contributed by atoms with Crippen LogP contribution in [0.15, 0.2) is 72.9 Å². The van der Waals surface area contributed by atoms with E-state index in [0.29, 0.717) is 31.9 Å². The minimum Gasteiger partial charge on any atom is -0.335 e. The zero-order valence-electron chi connectivity index (χ0n) is 17.7. The van der Waals surface area contributed by atoms with Crippen molar-refractivity contribution in [3.63, 3.8) is 0 Å². The highest BCUT2D eigenvalue weighted by Gasteiger charge is 2.24. The number of benzene rings is 3. The van der Waals surface area contributed by atoms with E-state index in [9.17, 15) is 9.18 Å². The summed E-state index contributed by atoms with van der Waals surface area (Å²) in [5.41, 5.74) is 2.45. The van der Waals surface area contributed by atoms with Crippen molar-refractivity contribution >= 4 is 16.7 Å². The summed E-state index contributed by atoms with van der Waals surface area (Å²) in [4.78, 5) is 17.0. The van der Waals surface area contributed by atoms with Gasteiger partial charge in [-0.3, -0.25) is 9.69 Å². The normalized spacial score (nSPS) is 14.7. The van der Waals surface area contributed by atoms with Gasteiger partial charge in [0.05, 0.1) is 12.7 Å². The molecule has 5 rings (SSSR count). The zero-order chi connectivity index (χ0) is 21.9. The highest BCUT2D eigenvalue weighted by atomic mass is 19.1. The minimum absolute atomic E-state index is 0.0976. The van der Waals surface area contributed by atoms with Gasteiger partial charge in [-0.25, -0.2) is 9.07 Å². The van der Waals surface area contributed by atoms with E-state index in [1.165, 1.54) is 16.8 Å². The third-order valence-corrected chi connectivity index (χ3v) is 5.92. The standard InChI is InChI=1S/C25H24FN5O/c26-22-9-3-5-19(15-22)16-29-11-13-30(14-12-29)25(32)24-18-31(28-27-24)17-21-8-4-7-20-6-1-2-10-23(20)21/h1-10,15,18H,11-14,16-17H2. The summed E-state index contributed by atoms with van der Waals surface area (Å²) in [6, 6.07) is 21.1. The fourth-order valence-corrected chi connectivity index (χ4v) is 4.24. The summed E-state index contributed by atoms with van der Waals surface area (Å²) in [5.74, 6) is -0.317. The van der Waals surface area contributed by atoms with Gasteiger partial charge in [-0.2, -0.15) is 0 Å². The quantitative estimate of drug-likeness (QED) is 0.487. The number of carbonyl (C=O) groups is 1. The molecule has 0 bridgehead atoms. The molecule has 4 aromatic rings. The van der Waals surface area contributed by atoms with Crippen molar-refractivity contribution in [1.82, 2.24) is 24.8 Å². The monoisotopic (exact) mass is 429 g/mol. The number of hydrogen-bond donors (Lipinski definition) is 0. The molecular weight excluding hydrogens is 405 g/mol. The molecule has 0 saturated carbocycles. The van der Waals surface area contributed by atoms with Crippen LogP contribution in [-0.4, -0.2) is 56.9 Å². The van der Waals surface area contributed by atoms with Gasteiger partial charge in [-0.15, -0.1) is 5.10 Å². The molecule has 162 valence electrons. The van der Waals surface area contributed by atoms with Crippen LogP contribution in [0.5, 0.6) is 0 Å². The largest absolute Gasteiger partial charge is 0.335 e. The topological polar surface area (TPSA) is 54.3 Å². The third kappa shape index (κ3) is 4.38. The maximum Gasteiger partial charge on any atom is 0.276 e.